The third-order valence-electron chi connectivity index (χ3n) is 3.70. The zero-order chi connectivity index (χ0) is 12.9. The molecule has 17 heavy (non-hydrogen) atoms. The quantitative estimate of drug-likeness (QED) is 0.754. The molecule has 0 aromatic heterocycles. The summed E-state index contributed by atoms with van der Waals surface area (Å²) in [6.45, 7) is 10.4. The summed E-state index contributed by atoms with van der Waals surface area (Å²) in [5.74, 6) is 0.354. The van der Waals surface area contributed by atoms with Gasteiger partial charge in [0.15, 0.2) is 0 Å². The molecule has 3 N–H and O–H groups in total. The molecule has 1 fully saturated rings. The predicted octanol–water partition coefficient (Wildman–Crippen LogP) is 0.962. The van der Waals surface area contributed by atoms with Crippen LogP contribution >= 0.6 is 0 Å². The van der Waals surface area contributed by atoms with Crippen LogP contribution in [0.5, 0.6) is 0 Å². The predicted molar refractivity (Wildman–Crippen MR) is 70.7 cm³/mol. The molecule has 1 atom stereocenters. The largest absolute Gasteiger partial charge is 0.368 e. The third-order valence-corrected chi connectivity index (χ3v) is 3.70. The van der Waals surface area contributed by atoms with Crippen molar-refractivity contribution in [2.75, 3.05) is 26.2 Å². The van der Waals surface area contributed by atoms with Crippen LogP contribution in [0.3, 0.4) is 0 Å². The van der Waals surface area contributed by atoms with E-state index in [-0.39, 0.29) is 5.91 Å². The van der Waals surface area contributed by atoms with Gasteiger partial charge in [-0.25, -0.2) is 0 Å². The minimum absolute atomic E-state index is 0.184. The van der Waals surface area contributed by atoms with E-state index in [1.165, 1.54) is 0 Å². The lowest BCUT2D eigenvalue weighted by Gasteiger charge is -2.31. The lowest BCUT2D eigenvalue weighted by Crippen LogP contribution is -2.56. The molecule has 4 heteroatoms. The first-order valence-corrected chi connectivity index (χ1v) is 6.77. The third kappa shape index (κ3) is 3.96. The van der Waals surface area contributed by atoms with E-state index in [9.17, 15) is 4.79 Å². The van der Waals surface area contributed by atoms with E-state index in [2.05, 4.69) is 31.0 Å². The molecule has 1 aliphatic rings. The molecule has 1 saturated heterocycles. The maximum absolute atomic E-state index is 11.8. The Bertz CT molecular complexity index is 255. The molecular formula is C13H27N3O. The van der Waals surface area contributed by atoms with Crippen LogP contribution in [0.2, 0.25) is 0 Å². The number of nitrogens with zero attached hydrogens (tertiary/aromatic N) is 1. The number of rotatable bonds is 5. The Morgan fingerprint density at radius 2 is 2.12 bits per heavy atom. The van der Waals surface area contributed by atoms with Crippen LogP contribution in [0, 0.1) is 5.92 Å². The van der Waals surface area contributed by atoms with Gasteiger partial charge in [0.2, 0.25) is 5.91 Å². The van der Waals surface area contributed by atoms with Crippen LogP contribution in [0.15, 0.2) is 0 Å². The molecule has 1 aliphatic heterocycles. The van der Waals surface area contributed by atoms with E-state index in [0.717, 1.165) is 45.4 Å². The first kappa shape index (κ1) is 14.5. The van der Waals surface area contributed by atoms with Crippen LogP contribution in [-0.4, -0.2) is 42.5 Å². The van der Waals surface area contributed by atoms with Crippen molar-refractivity contribution in [2.45, 2.75) is 45.6 Å². The van der Waals surface area contributed by atoms with Gasteiger partial charge in [-0.2, -0.15) is 0 Å². The Morgan fingerprint density at radius 3 is 2.65 bits per heavy atom. The van der Waals surface area contributed by atoms with Gasteiger partial charge in [0.1, 0.15) is 0 Å². The minimum Gasteiger partial charge on any atom is -0.368 e. The molecule has 100 valence electrons. The Hall–Kier alpha value is -0.610. The highest BCUT2D eigenvalue weighted by Gasteiger charge is 2.37. The summed E-state index contributed by atoms with van der Waals surface area (Å²) in [6.07, 6.45) is 2.75. The summed E-state index contributed by atoms with van der Waals surface area (Å²) >= 11 is 0. The Balaban J connectivity index is 2.67. The van der Waals surface area contributed by atoms with Gasteiger partial charge in [-0.15, -0.1) is 0 Å². The number of hydrogen-bond donors (Lipinski definition) is 2. The molecular weight excluding hydrogens is 214 g/mol. The summed E-state index contributed by atoms with van der Waals surface area (Å²) in [5, 5.41) is 3.42. The topological polar surface area (TPSA) is 58.4 Å². The smallest absolute Gasteiger partial charge is 0.237 e. The van der Waals surface area contributed by atoms with Crippen LogP contribution in [0.25, 0.3) is 0 Å². The van der Waals surface area contributed by atoms with Crippen LogP contribution in [-0.2, 0) is 4.79 Å². The number of primary amides is 1. The van der Waals surface area contributed by atoms with Gasteiger partial charge < -0.3 is 16.0 Å². The van der Waals surface area contributed by atoms with Gasteiger partial charge in [0, 0.05) is 6.54 Å². The van der Waals surface area contributed by atoms with Crippen molar-refractivity contribution in [3.8, 4) is 0 Å². The van der Waals surface area contributed by atoms with Crippen molar-refractivity contribution in [3.05, 3.63) is 0 Å². The van der Waals surface area contributed by atoms with Crippen molar-refractivity contribution in [1.29, 1.82) is 0 Å². The standard InChI is InChI=1S/C13H27N3O/c1-4-16-8-5-6-13(7-9-16,12(14)17)15-10-11(2)3/h11,15H,4-10H2,1-3H3,(H2,14,17). The van der Waals surface area contributed by atoms with Gasteiger partial charge in [0.05, 0.1) is 5.54 Å². The Kier molecular flexibility index (Phi) is 5.40. The molecule has 1 heterocycles. The number of amides is 1. The van der Waals surface area contributed by atoms with Crippen LogP contribution in [0.4, 0.5) is 0 Å². The summed E-state index contributed by atoms with van der Waals surface area (Å²) in [7, 11) is 0. The number of carbonyl (C=O) groups excluding carboxylic acids is 1. The highest BCUT2D eigenvalue weighted by atomic mass is 16.1. The monoisotopic (exact) mass is 241 g/mol. The normalized spacial score (nSPS) is 27.1. The lowest BCUT2D eigenvalue weighted by molar-refractivity contribution is -0.125. The fraction of sp³-hybridized carbons (Fsp3) is 0.923. The van der Waals surface area contributed by atoms with Crippen molar-refractivity contribution >= 4 is 5.91 Å². The maximum atomic E-state index is 11.8. The zero-order valence-electron chi connectivity index (χ0n) is 11.5. The van der Waals surface area contributed by atoms with Crippen molar-refractivity contribution < 1.29 is 4.79 Å². The molecule has 0 aliphatic carbocycles. The van der Waals surface area contributed by atoms with Gasteiger partial charge in [0.25, 0.3) is 0 Å². The van der Waals surface area contributed by atoms with Gasteiger partial charge in [-0.1, -0.05) is 20.8 Å². The molecule has 0 saturated carbocycles. The van der Waals surface area contributed by atoms with E-state index < -0.39 is 5.54 Å². The first-order valence-electron chi connectivity index (χ1n) is 6.77. The highest BCUT2D eigenvalue weighted by Crippen LogP contribution is 2.22. The van der Waals surface area contributed by atoms with Crippen molar-refractivity contribution in [1.82, 2.24) is 10.2 Å². The second kappa shape index (κ2) is 6.36. The molecule has 0 aromatic carbocycles. The van der Waals surface area contributed by atoms with Crippen molar-refractivity contribution in [2.24, 2.45) is 11.7 Å². The van der Waals surface area contributed by atoms with E-state index in [0.29, 0.717) is 5.92 Å². The molecule has 1 unspecified atom stereocenters. The molecule has 0 aromatic rings. The van der Waals surface area contributed by atoms with Gasteiger partial charge in [-0.05, 0) is 44.8 Å². The molecule has 0 spiro atoms. The summed E-state index contributed by atoms with van der Waals surface area (Å²) < 4.78 is 0. The first-order chi connectivity index (χ1) is 8.00. The molecule has 4 nitrogen and oxygen atoms in total. The zero-order valence-corrected chi connectivity index (χ0v) is 11.5. The second-order valence-electron chi connectivity index (χ2n) is 5.51. The van der Waals surface area contributed by atoms with Gasteiger partial charge in [-0.3, -0.25) is 4.79 Å². The fourth-order valence-corrected chi connectivity index (χ4v) is 2.42. The SMILES string of the molecule is CCN1CCCC(NCC(C)C)(C(N)=O)CC1. The Labute approximate surface area is 105 Å². The highest BCUT2D eigenvalue weighted by molar-refractivity contribution is 5.84. The molecule has 0 radical (unpaired) electrons. The number of nitrogens with two attached hydrogens (primary N) is 1. The molecule has 0 bridgehead atoms. The lowest BCUT2D eigenvalue weighted by atomic mass is 9.89. The van der Waals surface area contributed by atoms with E-state index in [4.69, 9.17) is 5.73 Å². The maximum Gasteiger partial charge on any atom is 0.237 e. The second-order valence-corrected chi connectivity index (χ2v) is 5.51. The molecule has 1 amide bonds. The fourth-order valence-electron chi connectivity index (χ4n) is 2.42. The van der Waals surface area contributed by atoms with Gasteiger partial charge >= 0.3 is 0 Å². The minimum atomic E-state index is -0.478. The van der Waals surface area contributed by atoms with Crippen molar-refractivity contribution in [3.63, 3.8) is 0 Å². The number of hydrogen-bond acceptors (Lipinski definition) is 3. The summed E-state index contributed by atoms with van der Waals surface area (Å²) in [5.41, 5.74) is 5.15. The van der Waals surface area contributed by atoms with E-state index in [1.54, 1.807) is 0 Å². The average Bonchev–Trinajstić information content (AvgIpc) is 2.49. The average molecular weight is 241 g/mol. The Morgan fingerprint density at radius 1 is 1.41 bits per heavy atom. The van der Waals surface area contributed by atoms with E-state index >= 15 is 0 Å². The molecule has 1 rings (SSSR count). The summed E-state index contributed by atoms with van der Waals surface area (Å²) in [6, 6.07) is 0. The number of nitrogens with one attached hydrogen (secondary N) is 1. The van der Waals surface area contributed by atoms with E-state index in [1.807, 2.05) is 0 Å². The number of carbonyl (C=O) groups is 1. The van der Waals surface area contributed by atoms with Crippen LogP contribution < -0.4 is 11.1 Å². The summed E-state index contributed by atoms with van der Waals surface area (Å²) in [4.78, 5) is 14.2. The number of likely N-dealkylation sites (tertiary alicyclic amines) is 1. The van der Waals surface area contributed by atoms with Crippen LogP contribution in [0.1, 0.15) is 40.0 Å².